The topological polar surface area (TPSA) is 177 Å². The Morgan fingerprint density at radius 1 is 1.02 bits per heavy atom. The van der Waals surface area contributed by atoms with Gasteiger partial charge in [0.25, 0.3) is 13.2 Å². The van der Waals surface area contributed by atoms with Gasteiger partial charge in [0.15, 0.2) is 0 Å². The molecule has 0 aliphatic carbocycles. The Labute approximate surface area is 321 Å². The smallest absolute Gasteiger partial charge is 0.338 e. The van der Waals surface area contributed by atoms with Crippen LogP contribution in [0.15, 0.2) is 54.6 Å². The summed E-state index contributed by atoms with van der Waals surface area (Å²) < 4.78 is 34.7. The summed E-state index contributed by atoms with van der Waals surface area (Å²) in [6.45, 7) is 1.23. The van der Waals surface area contributed by atoms with E-state index in [9.17, 15) is 19.5 Å². The summed E-state index contributed by atoms with van der Waals surface area (Å²) in [5.41, 5.74) is 5.63. The number of amides is 2. The molecule has 18 heteroatoms. The number of hydrogen-bond acceptors (Lipinski definition) is 15. The standard InChI is InChI=1S/C34H45BN3O10S4/c1-49-51-31(22-45-26-11-6-10-25(18-26)33(41)38-15-13-36)44-17-16-43-21-30(40)37-14-7-12-35-29-19-27(28(20-39)47-29)48-32(52-50-2)23-46-34(42)24-8-4-3-5-9-24/h3-6,8-11,18,27-29,31-32,39H,13-17,19-23,36H2,1-2H3,(H,37,40)(H,38,41)/t27-,28?,29-,31?,32-/m1/s1. The predicted molar refractivity (Wildman–Crippen MR) is 208 cm³/mol. The molecule has 5 atom stereocenters. The van der Waals surface area contributed by atoms with Crippen LogP contribution in [0.1, 0.15) is 27.1 Å². The summed E-state index contributed by atoms with van der Waals surface area (Å²) in [7, 11) is 7.60. The van der Waals surface area contributed by atoms with E-state index in [2.05, 4.69) is 22.4 Å². The molecule has 1 radical (unpaired) electrons. The summed E-state index contributed by atoms with van der Waals surface area (Å²) >= 11 is 0. The van der Waals surface area contributed by atoms with Crippen molar-refractivity contribution in [2.75, 3.05) is 71.8 Å². The molecule has 1 saturated heterocycles. The molecule has 13 nitrogen and oxygen atoms in total. The van der Waals surface area contributed by atoms with E-state index in [0.717, 1.165) is 0 Å². The molecule has 1 aliphatic rings. The zero-order chi connectivity index (χ0) is 37.4. The highest BCUT2D eigenvalue weighted by molar-refractivity contribution is 8.76. The number of carbonyl (C=O) groups excluding carboxylic acids is 3. The van der Waals surface area contributed by atoms with Crippen LogP contribution in [-0.2, 0) is 28.5 Å². The first kappa shape index (κ1) is 43.8. The molecule has 2 amide bonds. The van der Waals surface area contributed by atoms with Crippen molar-refractivity contribution in [1.82, 2.24) is 10.6 Å². The summed E-state index contributed by atoms with van der Waals surface area (Å²) in [4.78, 5) is 36.7. The van der Waals surface area contributed by atoms with Crippen molar-refractivity contribution >= 4 is 68.2 Å². The quantitative estimate of drug-likeness (QED) is 0.0305. The summed E-state index contributed by atoms with van der Waals surface area (Å²) in [5, 5.41) is 15.3. The molecule has 3 rings (SSSR count). The lowest BCUT2D eigenvalue weighted by Gasteiger charge is -2.23. The molecule has 52 heavy (non-hydrogen) atoms. The highest BCUT2D eigenvalue weighted by Crippen LogP contribution is 2.31. The fourth-order valence-corrected chi connectivity index (χ4v) is 7.48. The second-order valence-electron chi connectivity index (χ2n) is 10.7. The van der Waals surface area contributed by atoms with E-state index in [4.69, 9.17) is 34.2 Å². The third-order valence-corrected chi connectivity index (χ3v) is 10.7. The fraction of sp³-hybridized carbons (Fsp3) is 0.500. The zero-order valence-corrected chi connectivity index (χ0v) is 32.3. The molecule has 283 valence electrons. The molecule has 0 spiro atoms. The van der Waals surface area contributed by atoms with Crippen LogP contribution in [0.5, 0.6) is 5.75 Å². The van der Waals surface area contributed by atoms with Gasteiger partial charge in [-0.15, -0.1) is 0 Å². The van der Waals surface area contributed by atoms with Gasteiger partial charge in [-0.3, -0.25) is 9.59 Å². The Morgan fingerprint density at radius 2 is 1.79 bits per heavy atom. The molecule has 0 bridgehead atoms. The van der Waals surface area contributed by atoms with Crippen LogP contribution in [0.4, 0.5) is 0 Å². The minimum Gasteiger partial charge on any atom is -0.490 e. The SMILES string of the molecule is CSSC(COc1cccc(C(=O)NCCN)c1)OCCOCC(=O)NCC#C[B][C@H]1C[C@@H](O[C@@H](COC(=O)c2ccccc2)SSC)C(CO)O1. The predicted octanol–water partition coefficient (Wildman–Crippen LogP) is 2.59. The van der Waals surface area contributed by atoms with E-state index in [1.54, 1.807) is 55.8 Å². The second-order valence-corrected chi connectivity index (χ2v) is 16.0. The highest BCUT2D eigenvalue weighted by Gasteiger charge is 2.37. The summed E-state index contributed by atoms with van der Waals surface area (Å²) in [6, 6.07) is 15.2. The van der Waals surface area contributed by atoms with Gasteiger partial charge in [-0.2, -0.15) is 5.82 Å². The van der Waals surface area contributed by atoms with Gasteiger partial charge in [0.2, 0.25) is 5.91 Å². The van der Waals surface area contributed by atoms with Crippen LogP contribution in [-0.4, -0.2) is 131 Å². The third kappa shape index (κ3) is 17.1. The van der Waals surface area contributed by atoms with Crippen LogP contribution in [0, 0.1) is 11.7 Å². The number of carbonyl (C=O) groups is 3. The largest absolute Gasteiger partial charge is 0.490 e. The number of benzene rings is 2. The monoisotopic (exact) mass is 794 g/mol. The van der Waals surface area contributed by atoms with E-state index in [1.165, 1.54) is 43.2 Å². The highest BCUT2D eigenvalue weighted by atomic mass is 33.1. The van der Waals surface area contributed by atoms with Crippen molar-refractivity contribution in [3.63, 3.8) is 0 Å². The Morgan fingerprint density at radius 3 is 2.54 bits per heavy atom. The Kier molecular flexibility index (Phi) is 22.1. The third-order valence-electron chi connectivity index (χ3n) is 6.92. The molecule has 1 fully saturated rings. The second kappa shape index (κ2) is 26.2. The first-order valence-electron chi connectivity index (χ1n) is 16.4. The van der Waals surface area contributed by atoms with Gasteiger partial charge in [-0.1, -0.05) is 73.4 Å². The van der Waals surface area contributed by atoms with Gasteiger partial charge in [0.1, 0.15) is 42.5 Å². The summed E-state index contributed by atoms with van der Waals surface area (Å²) in [6.07, 6.45) is 3.32. The van der Waals surface area contributed by atoms with Crippen molar-refractivity contribution in [3.8, 4) is 17.5 Å². The van der Waals surface area contributed by atoms with Crippen molar-refractivity contribution in [3.05, 3.63) is 65.7 Å². The van der Waals surface area contributed by atoms with Crippen LogP contribution in [0.25, 0.3) is 0 Å². The molecule has 1 aliphatic heterocycles. The number of nitrogens with one attached hydrogen (secondary N) is 2. The van der Waals surface area contributed by atoms with E-state index < -0.39 is 23.6 Å². The van der Waals surface area contributed by atoms with Crippen molar-refractivity contribution in [2.45, 2.75) is 35.5 Å². The van der Waals surface area contributed by atoms with Gasteiger partial charge >= 0.3 is 5.97 Å². The van der Waals surface area contributed by atoms with Gasteiger partial charge in [0.05, 0.1) is 38.0 Å². The number of esters is 1. The average Bonchev–Trinajstić information content (AvgIpc) is 3.56. The molecule has 1 heterocycles. The Bertz CT molecular complexity index is 1420. The number of aliphatic hydroxyl groups is 1. The number of ether oxygens (including phenoxy) is 6. The number of rotatable bonds is 24. The molecular weight excluding hydrogens is 749 g/mol. The lowest BCUT2D eigenvalue weighted by molar-refractivity contribution is -0.126. The Balaban J connectivity index is 1.29. The lowest BCUT2D eigenvalue weighted by Crippen LogP contribution is -2.32. The zero-order valence-electron chi connectivity index (χ0n) is 29.1. The lowest BCUT2D eigenvalue weighted by atomic mass is 9.71. The normalized spacial score (nSPS) is 17.7. The fourth-order valence-electron chi connectivity index (χ4n) is 4.54. The molecule has 5 N–H and O–H groups in total. The van der Waals surface area contributed by atoms with Crippen molar-refractivity contribution in [2.24, 2.45) is 5.73 Å². The number of nitrogens with two attached hydrogens (primary N) is 1. The summed E-state index contributed by atoms with van der Waals surface area (Å²) in [5.74, 6) is 5.33. The van der Waals surface area contributed by atoms with Gasteiger partial charge in [-0.05, 0) is 49.3 Å². The maximum Gasteiger partial charge on any atom is 0.338 e. The minimum atomic E-state index is -0.556. The molecule has 2 unspecified atom stereocenters. The minimum absolute atomic E-state index is 0.0421. The number of aliphatic hydroxyl groups excluding tert-OH is 1. The first-order valence-corrected chi connectivity index (χ1v) is 21.6. The molecule has 2 aromatic rings. The van der Waals surface area contributed by atoms with Crippen molar-refractivity contribution < 1.29 is 47.9 Å². The average molecular weight is 795 g/mol. The van der Waals surface area contributed by atoms with Gasteiger partial charge in [0, 0.05) is 24.7 Å². The van der Waals surface area contributed by atoms with Crippen LogP contribution in [0.2, 0.25) is 0 Å². The van der Waals surface area contributed by atoms with E-state index >= 15 is 0 Å². The first-order chi connectivity index (χ1) is 25.4. The van der Waals surface area contributed by atoms with E-state index in [1.807, 2.05) is 18.6 Å². The molecule has 0 aromatic heterocycles. The van der Waals surface area contributed by atoms with Gasteiger partial charge < -0.3 is 49.9 Å². The van der Waals surface area contributed by atoms with Crippen LogP contribution >= 0.6 is 43.2 Å². The van der Waals surface area contributed by atoms with Gasteiger partial charge in [-0.25, -0.2) is 4.79 Å². The molecule has 2 aromatic carbocycles. The van der Waals surface area contributed by atoms with Crippen molar-refractivity contribution in [1.29, 1.82) is 0 Å². The van der Waals surface area contributed by atoms with Crippen LogP contribution < -0.4 is 21.1 Å². The van der Waals surface area contributed by atoms with E-state index in [0.29, 0.717) is 36.4 Å². The maximum atomic E-state index is 12.4. The number of hydrogen-bond donors (Lipinski definition) is 4. The van der Waals surface area contributed by atoms with E-state index in [-0.39, 0.29) is 69.4 Å². The maximum absolute atomic E-state index is 12.4. The molecular formula is C34H45BN3O10S4. The van der Waals surface area contributed by atoms with Crippen LogP contribution in [0.3, 0.4) is 0 Å². The Hall–Kier alpha value is -2.57. The molecule has 0 saturated carbocycles.